The molecule has 1 aliphatic rings. The van der Waals surface area contributed by atoms with Crippen LogP contribution in [-0.2, 0) is 17.5 Å². The number of carbonyl (C=O) groups excluding carboxylic acids is 1. The van der Waals surface area contributed by atoms with E-state index in [4.69, 9.17) is 5.73 Å². The second-order valence-electron chi connectivity index (χ2n) is 7.38. The van der Waals surface area contributed by atoms with Gasteiger partial charge in [-0.1, -0.05) is 6.07 Å². The zero-order valence-electron chi connectivity index (χ0n) is 17.1. The number of primary amides is 1. The Morgan fingerprint density at radius 2 is 1.93 bits per heavy atom. The highest BCUT2D eigenvalue weighted by Gasteiger charge is 2.33. The maximum Gasteiger partial charge on any atom is 0.416 e. The number of halogens is 4. The van der Waals surface area contributed by atoms with Crippen molar-refractivity contribution in [3.63, 3.8) is 0 Å². The molecule has 1 saturated heterocycles. The first-order valence-electron chi connectivity index (χ1n) is 10.0. The van der Waals surface area contributed by atoms with Gasteiger partial charge in [-0.2, -0.15) is 13.2 Å². The molecule has 1 aliphatic heterocycles. The number of amides is 1. The lowest BCUT2D eigenvalue weighted by Gasteiger charge is -2.30. The summed E-state index contributed by atoms with van der Waals surface area (Å²) in [5, 5.41) is 5.91. The summed E-state index contributed by atoms with van der Waals surface area (Å²) in [6, 6.07) is 2.63. The summed E-state index contributed by atoms with van der Waals surface area (Å²) in [5.74, 6) is -0.779. The molecule has 1 fully saturated rings. The Labute approximate surface area is 173 Å². The highest BCUT2D eigenvalue weighted by molar-refractivity contribution is 5.79. The Morgan fingerprint density at radius 1 is 1.23 bits per heavy atom. The molecule has 0 bridgehead atoms. The number of unbranched alkanes of at least 4 members (excludes halogenated alkanes) is 1. The summed E-state index contributed by atoms with van der Waals surface area (Å²) >= 11 is 0. The molecule has 0 unspecified atom stereocenters. The van der Waals surface area contributed by atoms with E-state index in [1.807, 2.05) is 0 Å². The number of hydrogen-bond acceptors (Lipinski definition) is 3. The predicted molar refractivity (Wildman–Crippen MR) is 107 cm³/mol. The standard InChI is InChI=1S/C20H29F4N5O/c1-26-19(28-13-15-4-5-16(21)12-17(15)20(22,23)24)27-8-2-3-9-29-10-6-14(7-11-29)18(25)30/h4-5,12,14H,2-3,6-11,13H2,1H3,(H2,25,30)(H2,26,27,28). The van der Waals surface area contributed by atoms with Gasteiger partial charge in [0.25, 0.3) is 0 Å². The lowest BCUT2D eigenvalue weighted by molar-refractivity contribution is -0.138. The molecule has 0 atom stereocenters. The fourth-order valence-corrected chi connectivity index (χ4v) is 3.47. The van der Waals surface area contributed by atoms with E-state index in [1.165, 1.54) is 7.05 Å². The fourth-order valence-electron chi connectivity index (χ4n) is 3.47. The van der Waals surface area contributed by atoms with Crippen LogP contribution in [-0.4, -0.2) is 50.0 Å². The second kappa shape index (κ2) is 11.1. The third kappa shape index (κ3) is 7.47. The van der Waals surface area contributed by atoms with Crippen LogP contribution < -0.4 is 16.4 Å². The molecule has 168 valence electrons. The van der Waals surface area contributed by atoms with Gasteiger partial charge in [-0.3, -0.25) is 9.79 Å². The monoisotopic (exact) mass is 431 g/mol. The number of guanidine groups is 1. The number of aliphatic imine (C=N–C) groups is 1. The van der Waals surface area contributed by atoms with Crippen LogP contribution in [0.4, 0.5) is 17.6 Å². The number of piperidine rings is 1. The van der Waals surface area contributed by atoms with Crippen LogP contribution in [0.5, 0.6) is 0 Å². The summed E-state index contributed by atoms with van der Waals surface area (Å²) < 4.78 is 52.4. The summed E-state index contributed by atoms with van der Waals surface area (Å²) in [4.78, 5) is 17.5. The van der Waals surface area contributed by atoms with Gasteiger partial charge in [-0.25, -0.2) is 4.39 Å². The largest absolute Gasteiger partial charge is 0.416 e. The van der Waals surface area contributed by atoms with E-state index < -0.39 is 17.6 Å². The lowest BCUT2D eigenvalue weighted by Crippen LogP contribution is -2.39. The van der Waals surface area contributed by atoms with Gasteiger partial charge in [-0.05, 0) is 63.0 Å². The van der Waals surface area contributed by atoms with Crippen molar-refractivity contribution < 1.29 is 22.4 Å². The maximum absolute atomic E-state index is 13.2. The first-order valence-corrected chi connectivity index (χ1v) is 10.0. The molecule has 30 heavy (non-hydrogen) atoms. The quantitative estimate of drug-likeness (QED) is 0.256. The summed E-state index contributed by atoms with van der Waals surface area (Å²) in [6.45, 7) is 3.15. The van der Waals surface area contributed by atoms with Crippen molar-refractivity contribution in [1.82, 2.24) is 15.5 Å². The Balaban J connectivity index is 1.69. The van der Waals surface area contributed by atoms with Crippen molar-refractivity contribution >= 4 is 11.9 Å². The van der Waals surface area contributed by atoms with E-state index in [-0.39, 0.29) is 23.9 Å². The van der Waals surface area contributed by atoms with Crippen LogP contribution in [0.2, 0.25) is 0 Å². The first-order chi connectivity index (χ1) is 14.2. The fraction of sp³-hybridized carbons (Fsp3) is 0.600. The summed E-state index contributed by atoms with van der Waals surface area (Å²) in [7, 11) is 1.54. The maximum atomic E-state index is 13.2. The van der Waals surface area contributed by atoms with Gasteiger partial charge in [-0.15, -0.1) is 0 Å². The zero-order chi connectivity index (χ0) is 22.1. The van der Waals surface area contributed by atoms with E-state index >= 15 is 0 Å². The third-order valence-corrected chi connectivity index (χ3v) is 5.23. The highest BCUT2D eigenvalue weighted by Crippen LogP contribution is 2.32. The molecule has 1 aromatic carbocycles. The molecule has 0 saturated carbocycles. The molecular weight excluding hydrogens is 402 g/mol. The summed E-state index contributed by atoms with van der Waals surface area (Å²) in [6.07, 6.45) is -1.22. The van der Waals surface area contributed by atoms with Gasteiger partial charge >= 0.3 is 6.18 Å². The first kappa shape index (κ1) is 23.9. The Bertz CT molecular complexity index is 730. The average molecular weight is 431 g/mol. The van der Waals surface area contributed by atoms with Crippen molar-refractivity contribution in [2.24, 2.45) is 16.6 Å². The number of hydrogen-bond donors (Lipinski definition) is 3. The van der Waals surface area contributed by atoms with Gasteiger partial charge in [0, 0.05) is 26.1 Å². The molecule has 6 nitrogen and oxygen atoms in total. The Morgan fingerprint density at radius 3 is 2.53 bits per heavy atom. The molecule has 1 amide bonds. The minimum Gasteiger partial charge on any atom is -0.369 e. The number of rotatable bonds is 8. The molecule has 4 N–H and O–H groups in total. The van der Waals surface area contributed by atoms with Crippen molar-refractivity contribution in [2.45, 2.75) is 38.4 Å². The van der Waals surface area contributed by atoms with Gasteiger partial charge in [0.15, 0.2) is 5.96 Å². The van der Waals surface area contributed by atoms with E-state index in [9.17, 15) is 22.4 Å². The Kier molecular flexibility index (Phi) is 8.88. The molecule has 1 heterocycles. The number of nitrogens with two attached hydrogens (primary N) is 1. The number of likely N-dealkylation sites (tertiary alicyclic amines) is 1. The molecule has 0 aromatic heterocycles. The number of benzene rings is 1. The van der Waals surface area contributed by atoms with Crippen molar-refractivity contribution in [1.29, 1.82) is 0 Å². The SMILES string of the molecule is CN=C(NCCCCN1CCC(C(N)=O)CC1)NCc1ccc(F)cc1C(F)(F)F. The topological polar surface area (TPSA) is 82.8 Å². The zero-order valence-corrected chi connectivity index (χ0v) is 17.1. The number of alkyl halides is 3. The highest BCUT2D eigenvalue weighted by atomic mass is 19.4. The minimum atomic E-state index is -4.62. The van der Waals surface area contributed by atoms with Crippen LogP contribution in [0.25, 0.3) is 0 Å². The van der Waals surface area contributed by atoms with E-state index in [2.05, 4.69) is 20.5 Å². The Hall–Kier alpha value is -2.36. The van der Waals surface area contributed by atoms with Crippen LogP contribution in [0.1, 0.15) is 36.8 Å². The van der Waals surface area contributed by atoms with E-state index in [0.29, 0.717) is 18.6 Å². The van der Waals surface area contributed by atoms with Gasteiger partial charge in [0.1, 0.15) is 5.82 Å². The van der Waals surface area contributed by atoms with Crippen molar-refractivity contribution in [3.8, 4) is 0 Å². The normalized spacial score (nSPS) is 16.5. The van der Waals surface area contributed by atoms with Gasteiger partial charge in [0.2, 0.25) is 5.91 Å². The predicted octanol–water partition coefficient (Wildman–Crippen LogP) is 2.49. The van der Waals surface area contributed by atoms with Crippen molar-refractivity contribution in [3.05, 3.63) is 35.1 Å². The molecule has 1 aromatic rings. The smallest absolute Gasteiger partial charge is 0.369 e. The van der Waals surface area contributed by atoms with Gasteiger partial charge in [0.05, 0.1) is 5.56 Å². The number of carbonyl (C=O) groups is 1. The second-order valence-corrected chi connectivity index (χ2v) is 7.38. The molecule has 0 spiro atoms. The number of nitrogens with one attached hydrogen (secondary N) is 2. The molecular formula is C20H29F4N5O. The minimum absolute atomic E-state index is 0.0173. The molecule has 0 aliphatic carbocycles. The van der Waals surface area contributed by atoms with Crippen LogP contribution >= 0.6 is 0 Å². The lowest BCUT2D eigenvalue weighted by atomic mass is 9.96. The number of nitrogens with zero attached hydrogens (tertiary/aromatic N) is 2. The van der Waals surface area contributed by atoms with Crippen LogP contribution in [0.3, 0.4) is 0 Å². The van der Waals surface area contributed by atoms with Crippen molar-refractivity contribution in [2.75, 3.05) is 33.2 Å². The third-order valence-electron chi connectivity index (χ3n) is 5.23. The molecule has 0 radical (unpaired) electrons. The molecule has 2 rings (SSSR count). The van der Waals surface area contributed by atoms with Crippen LogP contribution in [0, 0.1) is 11.7 Å². The summed E-state index contributed by atoms with van der Waals surface area (Å²) in [5.41, 5.74) is 4.29. The van der Waals surface area contributed by atoms with E-state index in [1.54, 1.807) is 0 Å². The average Bonchev–Trinajstić information content (AvgIpc) is 2.70. The van der Waals surface area contributed by atoms with Crippen LogP contribution in [0.15, 0.2) is 23.2 Å². The van der Waals surface area contributed by atoms with Gasteiger partial charge < -0.3 is 21.3 Å². The van der Waals surface area contributed by atoms with E-state index in [0.717, 1.165) is 57.5 Å². The molecule has 10 heteroatoms.